The SMILES string of the molecule is COC(C)COc1ccc([N+](=O)[O-])c(C(=O)O)c1. The van der Waals surface area contributed by atoms with Crippen LogP contribution in [0.5, 0.6) is 5.75 Å². The van der Waals surface area contributed by atoms with Gasteiger partial charge < -0.3 is 14.6 Å². The molecule has 7 nitrogen and oxygen atoms in total. The van der Waals surface area contributed by atoms with Crippen LogP contribution < -0.4 is 4.74 Å². The minimum absolute atomic E-state index is 0.159. The number of nitro groups is 1. The molecule has 0 amide bonds. The summed E-state index contributed by atoms with van der Waals surface area (Å²) < 4.78 is 10.2. The highest BCUT2D eigenvalue weighted by atomic mass is 16.6. The van der Waals surface area contributed by atoms with Gasteiger partial charge in [-0.3, -0.25) is 10.1 Å². The minimum Gasteiger partial charge on any atom is -0.491 e. The first-order valence-corrected chi connectivity index (χ1v) is 5.13. The Morgan fingerprint density at radius 3 is 2.72 bits per heavy atom. The number of benzene rings is 1. The van der Waals surface area contributed by atoms with Gasteiger partial charge in [0, 0.05) is 19.2 Å². The molecule has 0 heterocycles. The Morgan fingerprint density at radius 2 is 2.22 bits per heavy atom. The Bertz CT molecular complexity index is 459. The molecule has 98 valence electrons. The molecule has 1 N–H and O–H groups in total. The predicted molar refractivity (Wildman–Crippen MR) is 62.0 cm³/mol. The Balaban J connectivity index is 2.93. The number of carboxylic acids is 1. The van der Waals surface area contributed by atoms with Crippen LogP contribution in [0.25, 0.3) is 0 Å². The maximum Gasteiger partial charge on any atom is 0.342 e. The van der Waals surface area contributed by atoms with E-state index in [1.54, 1.807) is 6.92 Å². The van der Waals surface area contributed by atoms with Crippen molar-refractivity contribution < 1.29 is 24.3 Å². The lowest BCUT2D eigenvalue weighted by atomic mass is 10.1. The van der Waals surface area contributed by atoms with Crippen LogP contribution in [0, 0.1) is 10.1 Å². The fourth-order valence-electron chi connectivity index (χ4n) is 1.22. The van der Waals surface area contributed by atoms with Crippen molar-refractivity contribution in [2.45, 2.75) is 13.0 Å². The summed E-state index contributed by atoms with van der Waals surface area (Å²) in [5, 5.41) is 19.5. The normalized spacial score (nSPS) is 11.9. The van der Waals surface area contributed by atoms with Crippen LogP contribution in [0.1, 0.15) is 17.3 Å². The number of hydrogen-bond acceptors (Lipinski definition) is 5. The van der Waals surface area contributed by atoms with Crippen LogP contribution in [-0.2, 0) is 4.74 Å². The van der Waals surface area contributed by atoms with Crippen LogP contribution in [0.4, 0.5) is 5.69 Å². The third-order valence-electron chi connectivity index (χ3n) is 2.28. The molecular weight excluding hydrogens is 242 g/mol. The minimum atomic E-state index is -1.37. The highest BCUT2D eigenvalue weighted by Crippen LogP contribution is 2.24. The van der Waals surface area contributed by atoms with E-state index in [2.05, 4.69) is 0 Å². The molecule has 0 saturated heterocycles. The van der Waals surface area contributed by atoms with Gasteiger partial charge in [-0.1, -0.05) is 0 Å². The molecule has 0 spiro atoms. The summed E-state index contributed by atoms with van der Waals surface area (Å²) in [4.78, 5) is 20.8. The van der Waals surface area contributed by atoms with Crippen molar-refractivity contribution in [3.05, 3.63) is 33.9 Å². The van der Waals surface area contributed by atoms with E-state index in [-0.39, 0.29) is 18.5 Å². The van der Waals surface area contributed by atoms with Crippen LogP contribution >= 0.6 is 0 Å². The molecule has 18 heavy (non-hydrogen) atoms. The molecule has 1 unspecified atom stereocenters. The molecule has 1 atom stereocenters. The van der Waals surface area contributed by atoms with Crippen molar-refractivity contribution in [2.24, 2.45) is 0 Å². The van der Waals surface area contributed by atoms with Gasteiger partial charge in [0.1, 0.15) is 17.9 Å². The number of nitro benzene ring substituents is 1. The van der Waals surface area contributed by atoms with E-state index >= 15 is 0 Å². The number of nitrogens with zero attached hydrogens (tertiary/aromatic N) is 1. The smallest absolute Gasteiger partial charge is 0.342 e. The third-order valence-corrected chi connectivity index (χ3v) is 2.28. The molecule has 0 bridgehead atoms. The predicted octanol–water partition coefficient (Wildman–Crippen LogP) is 1.71. The lowest BCUT2D eigenvalue weighted by Crippen LogP contribution is -2.16. The second-order valence-electron chi connectivity index (χ2n) is 3.60. The van der Waals surface area contributed by atoms with E-state index in [9.17, 15) is 14.9 Å². The van der Waals surface area contributed by atoms with Crippen LogP contribution in [0.3, 0.4) is 0 Å². The number of carboxylic acid groups (broad SMARTS) is 1. The molecule has 0 aliphatic carbocycles. The summed E-state index contributed by atoms with van der Waals surface area (Å²) in [6.45, 7) is 2.01. The van der Waals surface area contributed by atoms with Crippen LogP contribution in [-0.4, -0.2) is 35.8 Å². The van der Waals surface area contributed by atoms with E-state index in [4.69, 9.17) is 14.6 Å². The Hall–Kier alpha value is -2.15. The number of aromatic carboxylic acids is 1. The summed E-state index contributed by atoms with van der Waals surface area (Å²) >= 11 is 0. The third kappa shape index (κ3) is 3.42. The van der Waals surface area contributed by atoms with Gasteiger partial charge in [-0.15, -0.1) is 0 Å². The molecule has 0 aliphatic heterocycles. The highest BCUT2D eigenvalue weighted by Gasteiger charge is 2.20. The lowest BCUT2D eigenvalue weighted by molar-refractivity contribution is -0.385. The molecule has 1 aromatic carbocycles. The Kier molecular flexibility index (Phi) is 4.61. The summed E-state index contributed by atoms with van der Waals surface area (Å²) in [6, 6.07) is 3.59. The van der Waals surface area contributed by atoms with Crippen molar-refractivity contribution in [3.63, 3.8) is 0 Å². The fourth-order valence-corrected chi connectivity index (χ4v) is 1.22. The first-order valence-electron chi connectivity index (χ1n) is 5.13. The van der Waals surface area contributed by atoms with Crippen molar-refractivity contribution in [1.82, 2.24) is 0 Å². The maximum atomic E-state index is 10.9. The number of carbonyl (C=O) groups is 1. The van der Waals surface area contributed by atoms with Gasteiger partial charge in [0.05, 0.1) is 11.0 Å². The molecular formula is C11H13NO6. The monoisotopic (exact) mass is 255 g/mol. The van der Waals surface area contributed by atoms with Crippen molar-refractivity contribution in [2.75, 3.05) is 13.7 Å². The molecule has 0 saturated carbocycles. The van der Waals surface area contributed by atoms with E-state index < -0.39 is 22.1 Å². The van der Waals surface area contributed by atoms with Gasteiger partial charge in [-0.25, -0.2) is 4.79 Å². The van der Waals surface area contributed by atoms with Crippen molar-refractivity contribution in [1.29, 1.82) is 0 Å². The van der Waals surface area contributed by atoms with E-state index in [1.165, 1.54) is 13.2 Å². The van der Waals surface area contributed by atoms with Gasteiger partial charge in [0.2, 0.25) is 0 Å². The zero-order chi connectivity index (χ0) is 13.7. The first kappa shape index (κ1) is 13.9. The maximum absolute atomic E-state index is 10.9. The number of rotatable bonds is 6. The van der Waals surface area contributed by atoms with Gasteiger partial charge in [0.15, 0.2) is 0 Å². The molecule has 1 rings (SSSR count). The lowest BCUT2D eigenvalue weighted by Gasteiger charge is -2.11. The largest absolute Gasteiger partial charge is 0.491 e. The standard InChI is InChI=1S/C11H13NO6/c1-7(17-2)6-18-8-3-4-10(12(15)16)9(5-8)11(13)14/h3-5,7H,6H2,1-2H3,(H,13,14). The molecule has 0 fully saturated rings. The van der Waals surface area contributed by atoms with E-state index in [1.807, 2.05) is 0 Å². The average molecular weight is 255 g/mol. The zero-order valence-electron chi connectivity index (χ0n) is 9.95. The number of hydrogen-bond donors (Lipinski definition) is 1. The Labute approximate surface area is 103 Å². The van der Waals surface area contributed by atoms with Crippen LogP contribution in [0.2, 0.25) is 0 Å². The summed E-state index contributed by atoms with van der Waals surface area (Å²) in [5.41, 5.74) is -0.864. The number of methoxy groups -OCH3 is 1. The first-order chi connectivity index (χ1) is 8.45. The summed E-state index contributed by atoms with van der Waals surface area (Å²) in [5.74, 6) is -1.12. The van der Waals surface area contributed by atoms with Crippen LogP contribution in [0.15, 0.2) is 18.2 Å². The van der Waals surface area contributed by atoms with Gasteiger partial charge in [0.25, 0.3) is 5.69 Å². The molecule has 7 heteroatoms. The highest BCUT2D eigenvalue weighted by molar-refractivity contribution is 5.92. The topological polar surface area (TPSA) is 98.9 Å². The average Bonchev–Trinajstić information content (AvgIpc) is 2.35. The molecule has 1 aromatic rings. The molecule has 0 aliphatic rings. The number of ether oxygens (including phenoxy) is 2. The quantitative estimate of drug-likeness (QED) is 0.613. The second kappa shape index (κ2) is 5.97. The van der Waals surface area contributed by atoms with Gasteiger partial charge >= 0.3 is 5.97 Å². The van der Waals surface area contributed by atoms with Gasteiger partial charge in [-0.2, -0.15) is 0 Å². The molecule has 0 radical (unpaired) electrons. The zero-order valence-corrected chi connectivity index (χ0v) is 9.95. The van der Waals surface area contributed by atoms with E-state index in [0.29, 0.717) is 0 Å². The summed E-state index contributed by atoms with van der Waals surface area (Å²) in [7, 11) is 1.52. The Morgan fingerprint density at radius 1 is 1.56 bits per heavy atom. The fraction of sp³-hybridized carbons (Fsp3) is 0.364. The second-order valence-corrected chi connectivity index (χ2v) is 3.60. The van der Waals surface area contributed by atoms with Crippen molar-refractivity contribution in [3.8, 4) is 5.75 Å². The van der Waals surface area contributed by atoms with Crippen molar-refractivity contribution >= 4 is 11.7 Å². The van der Waals surface area contributed by atoms with Gasteiger partial charge in [-0.05, 0) is 13.0 Å². The molecule has 0 aromatic heterocycles. The van der Waals surface area contributed by atoms with E-state index in [0.717, 1.165) is 12.1 Å². The summed E-state index contributed by atoms with van der Waals surface area (Å²) in [6.07, 6.45) is -0.159.